The van der Waals surface area contributed by atoms with Gasteiger partial charge in [0.1, 0.15) is 5.82 Å². The fourth-order valence-corrected chi connectivity index (χ4v) is 3.40. The quantitative estimate of drug-likeness (QED) is 0.872. The Labute approximate surface area is 117 Å². The summed E-state index contributed by atoms with van der Waals surface area (Å²) in [4.78, 5) is 11.8. The van der Waals surface area contributed by atoms with Crippen molar-refractivity contribution in [2.24, 2.45) is 0 Å². The van der Waals surface area contributed by atoms with Crippen molar-refractivity contribution in [2.45, 2.75) is 30.6 Å². The molecule has 2 N–H and O–H groups in total. The first-order valence-corrected chi connectivity index (χ1v) is 7.79. The molecule has 1 aromatic rings. The number of carbonyl (C=O) groups excluding carboxylic acids is 1. The second-order valence-corrected chi connectivity index (χ2v) is 5.83. The van der Waals surface area contributed by atoms with E-state index in [1.807, 2.05) is 11.8 Å². The minimum atomic E-state index is -0.344. The molecule has 2 atom stereocenters. The van der Waals surface area contributed by atoms with Gasteiger partial charge in [-0.25, -0.2) is 4.39 Å². The van der Waals surface area contributed by atoms with Crippen LogP contribution in [0.2, 0.25) is 0 Å². The van der Waals surface area contributed by atoms with Crippen LogP contribution in [0.15, 0.2) is 24.3 Å². The van der Waals surface area contributed by atoms with E-state index >= 15 is 0 Å². The van der Waals surface area contributed by atoms with E-state index in [1.165, 1.54) is 25.0 Å². The molecule has 1 saturated carbocycles. The van der Waals surface area contributed by atoms with Gasteiger partial charge in [-0.15, -0.1) is 0 Å². The fraction of sp³-hybridized carbons (Fsp3) is 0.500. The second-order valence-electron chi connectivity index (χ2n) is 4.75. The lowest BCUT2D eigenvalue weighted by Crippen LogP contribution is -2.39. The number of carbonyl (C=O) groups is 1. The van der Waals surface area contributed by atoms with Crippen LogP contribution in [0.1, 0.15) is 19.3 Å². The summed E-state index contributed by atoms with van der Waals surface area (Å²) in [6, 6.07) is 6.35. The zero-order valence-electron chi connectivity index (χ0n) is 11.0. The molecule has 3 nitrogen and oxygen atoms in total. The molecule has 5 heteroatoms. The van der Waals surface area contributed by atoms with Crippen LogP contribution in [-0.4, -0.2) is 30.0 Å². The van der Waals surface area contributed by atoms with Crippen molar-refractivity contribution in [2.75, 3.05) is 18.1 Å². The molecular formula is C14H19FN2OS. The molecule has 0 saturated heterocycles. The number of anilines is 1. The minimum Gasteiger partial charge on any atom is -0.325 e. The summed E-state index contributed by atoms with van der Waals surface area (Å²) in [6.07, 6.45) is 5.66. The molecule has 104 valence electrons. The zero-order valence-corrected chi connectivity index (χ0v) is 11.8. The van der Waals surface area contributed by atoms with E-state index in [0.717, 1.165) is 6.42 Å². The van der Waals surface area contributed by atoms with Gasteiger partial charge in [-0.2, -0.15) is 11.8 Å². The maximum atomic E-state index is 13.0. The lowest BCUT2D eigenvalue weighted by atomic mass is 10.2. The normalized spacial score (nSPS) is 22.4. The Bertz CT molecular complexity index is 441. The third-order valence-electron chi connectivity index (χ3n) is 3.39. The maximum absolute atomic E-state index is 13.0. The first-order chi connectivity index (χ1) is 9.19. The highest BCUT2D eigenvalue weighted by molar-refractivity contribution is 7.99. The second kappa shape index (κ2) is 6.91. The van der Waals surface area contributed by atoms with Gasteiger partial charge in [0.15, 0.2) is 0 Å². The van der Waals surface area contributed by atoms with Gasteiger partial charge in [0, 0.05) is 17.0 Å². The summed E-state index contributed by atoms with van der Waals surface area (Å²) < 4.78 is 13.0. The van der Waals surface area contributed by atoms with Gasteiger partial charge >= 0.3 is 0 Å². The molecule has 0 aromatic heterocycles. The van der Waals surface area contributed by atoms with E-state index in [1.54, 1.807) is 12.1 Å². The smallest absolute Gasteiger partial charge is 0.238 e. The Balaban J connectivity index is 1.78. The predicted octanol–water partition coefficient (Wildman–Crippen LogP) is 2.64. The average molecular weight is 282 g/mol. The van der Waals surface area contributed by atoms with Crippen LogP contribution in [0.3, 0.4) is 0 Å². The zero-order chi connectivity index (χ0) is 13.7. The fourth-order valence-electron chi connectivity index (χ4n) is 2.44. The summed E-state index contributed by atoms with van der Waals surface area (Å²) in [5, 5.41) is 6.58. The number of halogens is 1. The first-order valence-electron chi connectivity index (χ1n) is 6.50. The molecule has 19 heavy (non-hydrogen) atoms. The van der Waals surface area contributed by atoms with Crippen molar-refractivity contribution >= 4 is 23.4 Å². The molecule has 0 spiro atoms. The number of hydrogen-bond donors (Lipinski definition) is 2. The van der Waals surface area contributed by atoms with Gasteiger partial charge in [-0.1, -0.05) is 12.5 Å². The van der Waals surface area contributed by atoms with Gasteiger partial charge < -0.3 is 10.6 Å². The van der Waals surface area contributed by atoms with E-state index in [9.17, 15) is 9.18 Å². The van der Waals surface area contributed by atoms with Gasteiger partial charge in [0.2, 0.25) is 5.91 Å². The van der Waals surface area contributed by atoms with Crippen molar-refractivity contribution < 1.29 is 9.18 Å². The Morgan fingerprint density at radius 1 is 1.47 bits per heavy atom. The Morgan fingerprint density at radius 2 is 2.32 bits per heavy atom. The van der Waals surface area contributed by atoms with Crippen LogP contribution in [0.4, 0.5) is 10.1 Å². The van der Waals surface area contributed by atoms with Crippen molar-refractivity contribution in [3.8, 4) is 0 Å². The number of thioether (sulfide) groups is 1. The summed E-state index contributed by atoms with van der Waals surface area (Å²) in [5.74, 6) is -0.471. The van der Waals surface area contributed by atoms with E-state index in [0.29, 0.717) is 17.0 Å². The highest BCUT2D eigenvalue weighted by atomic mass is 32.2. The van der Waals surface area contributed by atoms with Crippen LogP contribution in [0.25, 0.3) is 0 Å². The molecule has 1 aromatic carbocycles. The number of amides is 1. The molecule has 1 amide bonds. The van der Waals surface area contributed by atoms with Crippen LogP contribution in [-0.2, 0) is 4.79 Å². The number of rotatable bonds is 5. The molecule has 0 radical (unpaired) electrons. The Kier molecular flexibility index (Phi) is 5.22. The molecule has 2 unspecified atom stereocenters. The standard InChI is InChI=1S/C14H19FN2OS/c1-19-13-7-3-6-12(13)16-9-14(18)17-11-5-2-4-10(15)8-11/h2,4-5,8,12-13,16H,3,6-7,9H2,1H3,(H,17,18). The summed E-state index contributed by atoms with van der Waals surface area (Å²) in [5.41, 5.74) is 0.500. The van der Waals surface area contributed by atoms with Crippen LogP contribution >= 0.6 is 11.8 Å². The van der Waals surface area contributed by atoms with Crippen molar-refractivity contribution in [1.29, 1.82) is 0 Å². The van der Waals surface area contributed by atoms with Crippen LogP contribution < -0.4 is 10.6 Å². The molecule has 0 bridgehead atoms. The largest absolute Gasteiger partial charge is 0.325 e. The predicted molar refractivity (Wildman–Crippen MR) is 78.0 cm³/mol. The third kappa shape index (κ3) is 4.21. The monoisotopic (exact) mass is 282 g/mol. The van der Waals surface area contributed by atoms with Crippen molar-refractivity contribution in [3.05, 3.63) is 30.1 Å². The summed E-state index contributed by atoms with van der Waals surface area (Å²) in [6.45, 7) is 0.276. The number of hydrogen-bond acceptors (Lipinski definition) is 3. The molecule has 0 heterocycles. The van der Waals surface area contributed by atoms with Crippen molar-refractivity contribution in [1.82, 2.24) is 5.32 Å². The lowest BCUT2D eigenvalue weighted by molar-refractivity contribution is -0.115. The average Bonchev–Trinajstić information content (AvgIpc) is 2.83. The van der Waals surface area contributed by atoms with E-state index in [4.69, 9.17) is 0 Å². The molecule has 1 aliphatic carbocycles. The third-order valence-corrected chi connectivity index (χ3v) is 4.56. The van der Waals surface area contributed by atoms with Gasteiger partial charge in [0.25, 0.3) is 0 Å². The topological polar surface area (TPSA) is 41.1 Å². The molecule has 0 aliphatic heterocycles. The molecule has 1 aliphatic rings. The summed E-state index contributed by atoms with van der Waals surface area (Å²) >= 11 is 1.85. The van der Waals surface area contributed by atoms with Gasteiger partial charge in [-0.05, 0) is 37.3 Å². The van der Waals surface area contributed by atoms with Crippen molar-refractivity contribution in [3.63, 3.8) is 0 Å². The first kappa shape index (κ1) is 14.3. The van der Waals surface area contributed by atoms with Crippen LogP contribution in [0, 0.1) is 5.82 Å². The number of benzene rings is 1. The van der Waals surface area contributed by atoms with Gasteiger partial charge in [0.05, 0.1) is 6.54 Å². The summed E-state index contributed by atoms with van der Waals surface area (Å²) in [7, 11) is 0. The SMILES string of the molecule is CSC1CCCC1NCC(=O)Nc1cccc(F)c1. The van der Waals surface area contributed by atoms with Crippen LogP contribution in [0.5, 0.6) is 0 Å². The highest BCUT2D eigenvalue weighted by Gasteiger charge is 2.26. The van der Waals surface area contributed by atoms with E-state index in [-0.39, 0.29) is 18.3 Å². The molecular weight excluding hydrogens is 263 g/mol. The lowest BCUT2D eigenvalue weighted by Gasteiger charge is -2.18. The maximum Gasteiger partial charge on any atom is 0.238 e. The molecule has 1 fully saturated rings. The Hall–Kier alpha value is -1.07. The van der Waals surface area contributed by atoms with Gasteiger partial charge in [-0.3, -0.25) is 4.79 Å². The minimum absolute atomic E-state index is 0.127. The highest BCUT2D eigenvalue weighted by Crippen LogP contribution is 2.28. The number of nitrogens with one attached hydrogen (secondary N) is 2. The van der Waals surface area contributed by atoms with E-state index in [2.05, 4.69) is 16.9 Å². The Morgan fingerprint density at radius 3 is 3.05 bits per heavy atom. The molecule has 2 rings (SSSR count). The van der Waals surface area contributed by atoms with E-state index < -0.39 is 0 Å².